The Morgan fingerprint density at radius 2 is 1.97 bits per heavy atom. The van der Waals surface area contributed by atoms with Crippen molar-refractivity contribution in [2.24, 2.45) is 0 Å². The molecule has 0 saturated carbocycles. The molecule has 0 atom stereocenters. The summed E-state index contributed by atoms with van der Waals surface area (Å²) >= 11 is 11.0. The van der Waals surface area contributed by atoms with Gasteiger partial charge < -0.3 is 14.8 Å². The van der Waals surface area contributed by atoms with Gasteiger partial charge in [0.15, 0.2) is 10.9 Å². The molecule has 1 aromatic carbocycles. The van der Waals surface area contributed by atoms with E-state index in [9.17, 15) is 4.79 Å². The highest BCUT2D eigenvalue weighted by Crippen LogP contribution is 2.18. The number of unbranched alkanes of at least 4 members (excludes halogenated alkanes) is 2. The number of hydrogen-bond acceptors (Lipinski definition) is 5. The van der Waals surface area contributed by atoms with Crippen molar-refractivity contribution < 1.29 is 14.3 Å². The van der Waals surface area contributed by atoms with Crippen LogP contribution in [0.4, 0.5) is 5.69 Å². The third-order valence-corrected chi connectivity index (χ3v) is 4.18. The lowest BCUT2D eigenvalue weighted by atomic mass is 10.2. The van der Waals surface area contributed by atoms with Crippen molar-refractivity contribution in [1.82, 2.24) is 10.3 Å². The predicted octanol–water partition coefficient (Wildman–Crippen LogP) is 5.10. The van der Waals surface area contributed by atoms with E-state index in [4.69, 9.17) is 33.3 Å². The molecule has 0 spiro atoms. The molecule has 154 valence electrons. The van der Waals surface area contributed by atoms with E-state index in [0.717, 1.165) is 30.7 Å². The lowest BCUT2D eigenvalue weighted by Crippen LogP contribution is -2.36. The number of nitrogens with zero attached hydrogens (tertiary/aromatic N) is 1. The van der Waals surface area contributed by atoms with Gasteiger partial charge in [-0.2, -0.15) is 0 Å². The molecule has 1 amide bonds. The molecule has 0 unspecified atom stereocenters. The first kappa shape index (κ1) is 22.6. The van der Waals surface area contributed by atoms with Gasteiger partial charge in [-0.05, 0) is 62.0 Å². The van der Waals surface area contributed by atoms with E-state index < -0.39 is 5.91 Å². The van der Waals surface area contributed by atoms with Gasteiger partial charge in [0.1, 0.15) is 16.7 Å². The standard InChI is InChI=1S/C21H24ClN3O3S/c1-3-5-6-13-27-16-9-7-15(8-10-16)24-21(29)25-20(26)18(4-2)28-17-11-12-23-19(22)14-17/h4,7-12,14H,3,5-6,13H2,1-2H3,(H2,24,25,26,29)/b18-4-. The first-order valence-corrected chi connectivity index (χ1v) is 10.1. The Labute approximate surface area is 181 Å². The molecule has 2 rings (SSSR count). The zero-order valence-electron chi connectivity index (χ0n) is 16.4. The highest BCUT2D eigenvalue weighted by atomic mass is 35.5. The second-order valence-electron chi connectivity index (χ2n) is 6.06. The highest BCUT2D eigenvalue weighted by Gasteiger charge is 2.13. The number of carbonyl (C=O) groups is 1. The van der Waals surface area contributed by atoms with E-state index in [1.54, 1.807) is 13.0 Å². The normalized spacial score (nSPS) is 10.9. The van der Waals surface area contributed by atoms with Gasteiger partial charge in [0, 0.05) is 18.0 Å². The zero-order valence-corrected chi connectivity index (χ0v) is 18.0. The molecule has 0 aliphatic rings. The average molecular weight is 434 g/mol. The molecule has 0 radical (unpaired) electrons. The minimum atomic E-state index is -0.478. The van der Waals surface area contributed by atoms with Crippen molar-refractivity contribution in [3.63, 3.8) is 0 Å². The fourth-order valence-corrected chi connectivity index (χ4v) is 2.69. The van der Waals surface area contributed by atoms with Crippen molar-refractivity contribution in [3.8, 4) is 11.5 Å². The third kappa shape index (κ3) is 8.09. The summed E-state index contributed by atoms with van der Waals surface area (Å²) in [7, 11) is 0. The minimum Gasteiger partial charge on any atom is -0.494 e. The van der Waals surface area contributed by atoms with Crippen molar-refractivity contribution in [3.05, 3.63) is 59.6 Å². The summed E-state index contributed by atoms with van der Waals surface area (Å²) in [5.74, 6) is 0.810. The summed E-state index contributed by atoms with van der Waals surface area (Å²) in [6.07, 6.45) is 6.38. The van der Waals surface area contributed by atoms with Crippen LogP contribution >= 0.6 is 23.8 Å². The highest BCUT2D eigenvalue weighted by molar-refractivity contribution is 7.80. The van der Waals surface area contributed by atoms with Crippen LogP contribution in [-0.4, -0.2) is 22.6 Å². The van der Waals surface area contributed by atoms with Gasteiger partial charge in [0.05, 0.1) is 6.61 Å². The minimum absolute atomic E-state index is 0.0900. The number of rotatable bonds is 9. The lowest BCUT2D eigenvalue weighted by Gasteiger charge is -2.13. The Morgan fingerprint density at radius 3 is 2.62 bits per heavy atom. The smallest absolute Gasteiger partial charge is 0.292 e. The Balaban J connectivity index is 1.84. The monoisotopic (exact) mass is 433 g/mol. The molecular formula is C21H24ClN3O3S. The van der Waals surface area contributed by atoms with Crippen LogP contribution in [0.25, 0.3) is 0 Å². The Kier molecular flexibility index (Phi) is 9.40. The van der Waals surface area contributed by atoms with Crippen LogP contribution in [0, 0.1) is 0 Å². The van der Waals surface area contributed by atoms with Gasteiger partial charge >= 0.3 is 0 Å². The van der Waals surface area contributed by atoms with Crippen molar-refractivity contribution in [1.29, 1.82) is 0 Å². The van der Waals surface area contributed by atoms with E-state index in [2.05, 4.69) is 22.5 Å². The van der Waals surface area contributed by atoms with Crippen molar-refractivity contribution in [2.45, 2.75) is 33.1 Å². The molecule has 0 aliphatic carbocycles. The number of allylic oxidation sites excluding steroid dienone is 1. The molecule has 29 heavy (non-hydrogen) atoms. The number of nitrogens with one attached hydrogen (secondary N) is 2. The molecule has 8 heteroatoms. The zero-order chi connectivity index (χ0) is 21.1. The van der Waals surface area contributed by atoms with Crippen LogP contribution in [0.1, 0.15) is 33.1 Å². The van der Waals surface area contributed by atoms with E-state index in [1.165, 1.54) is 18.3 Å². The van der Waals surface area contributed by atoms with E-state index in [1.807, 2.05) is 24.3 Å². The number of hydrogen-bond donors (Lipinski definition) is 2. The van der Waals surface area contributed by atoms with E-state index in [0.29, 0.717) is 12.4 Å². The first-order valence-electron chi connectivity index (χ1n) is 9.32. The fraction of sp³-hybridized carbons (Fsp3) is 0.286. The summed E-state index contributed by atoms with van der Waals surface area (Å²) < 4.78 is 11.2. The van der Waals surface area contributed by atoms with Crippen molar-refractivity contribution >= 4 is 40.5 Å². The molecule has 1 aromatic heterocycles. The van der Waals surface area contributed by atoms with E-state index in [-0.39, 0.29) is 16.0 Å². The number of ether oxygens (including phenoxy) is 2. The molecular weight excluding hydrogens is 410 g/mol. The van der Waals surface area contributed by atoms with Crippen LogP contribution in [0.5, 0.6) is 11.5 Å². The maximum absolute atomic E-state index is 12.4. The summed E-state index contributed by atoms with van der Waals surface area (Å²) in [5.41, 5.74) is 0.736. The van der Waals surface area contributed by atoms with Crippen LogP contribution in [-0.2, 0) is 4.79 Å². The molecule has 0 saturated heterocycles. The summed E-state index contributed by atoms with van der Waals surface area (Å²) in [5, 5.41) is 5.97. The number of aromatic nitrogens is 1. The molecule has 0 bridgehead atoms. The van der Waals surface area contributed by atoms with Crippen LogP contribution in [0.3, 0.4) is 0 Å². The summed E-state index contributed by atoms with van der Waals surface area (Å²) in [6, 6.07) is 10.5. The Hall–Kier alpha value is -2.64. The second-order valence-corrected chi connectivity index (χ2v) is 6.85. The maximum atomic E-state index is 12.4. The largest absolute Gasteiger partial charge is 0.494 e. The molecule has 2 aromatic rings. The fourth-order valence-electron chi connectivity index (χ4n) is 2.32. The van der Waals surface area contributed by atoms with Crippen molar-refractivity contribution in [2.75, 3.05) is 11.9 Å². The Bertz CT molecular complexity index is 857. The number of benzene rings is 1. The average Bonchev–Trinajstić information content (AvgIpc) is 2.70. The number of halogens is 1. The Morgan fingerprint density at radius 1 is 1.21 bits per heavy atom. The first-order chi connectivity index (χ1) is 14.0. The topological polar surface area (TPSA) is 72.5 Å². The quantitative estimate of drug-likeness (QED) is 0.188. The van der Waals surface area contributed by atoms with Crippen LogP contribution in [0.2, 0.25) is 5.15 Å². The van der Waals surface area contributed by atoms with Gasteiger partial charge in [-0.25, -0.2) is 4.98 Å². The number of carbonyl (C=O) groups excluding carboxylic acids is 1. The van der Waals surface area contributed by atoms with Gasteiger partial charge in [-0.15, -0.1) is 0 Å². The number of pyridine rings is 1. The SMILES string of the molecule is C/C=C(\Oc1ccnc(Cl)c1)C(=O)NC(=S)Nc1ccc(OCCCCC)cc1. The molecule has 2 N–H and O–H groups in total. The van der Waals surface area contributed by atoms with Gasteiger partial charge in [0.25, 0.3) is 5.91 Å². The number of thiocarbonyl (C=S) groups is 1. The van der Waals surface area contributed by atoms with Gasteiger partial charge in [-0.3, -0.25) is 10.1 Å². The lowest BCUT2D eigenvalue weighted by molar-refractivity contribution is -0.118. The van der Waals surface area contributed by atoms with Crippen LogP contribution in [0.15, 0.2) is 54.4 Å². The molecule has 6 nitrogen and oxygen atoms in total. The number of amides is 1. The summed E-state index contributed by atoms with van der Waals surface area (Å²) in [4.78, 5) is 16.3. The van der Waals surface area contributed by atoms with Crippen LogP contribution < -0.4 is 20.1 Å². The predicted molar refractivity (Wildman–Crippen MR) is 119 cm³/mol. The third-order valence-electron chi connectivity index (χ3n) is 3.77. The second kappa shape index (κ2) is 12.0. The van der Waals surface area contributed by atoms with Gasteiger partial charge in [0.2, 0.25) is 0 Å². The van der Waals surface area contributed by atoms with E-state index >= 15 is 0 Å². The maximum Gasteiger partial charge on any atom is 0.292 e. The molecule has 0 aliphatic heterocycles. The molecule has 1 heterocycles. The van der Waals surface area contributed by atoms with Gasteiger partial charge in [-0.1, -0.05) is 31.4 Å². The summed E-state index contributed by atoms with van der Waals surface area (Å²) in [6.45, 7) is 4.54. The number of anilines is 1. The molecule has 0 fully saturated rings.